The Kier molecular flexibility index (Phi) is 8.45. The number of hydrogen-bond acceptors (Lipinski definition) is 5. The molecule has 2 aliphatic heterocycles. The normalized spacial score (nSPS) is 21.3. The highest BCUT2D eigenvalue weighted by atomic mass is 19.2. The van der Waals surface area contributed by atoms with Crippen molar-refractivity contribution in [2.75, 3.05) is 31.1 Å². The van der Waals surface area contributed by atoms with Crippen LogP contribution in [0.4, 0.5) is 14.5 Å². The smallest absolute Gasteiger partial charge is 0.337 e. The molecule has 1 aromatic carbocycles. The average molecular weight is 584 g/mol. The summed E-state index contributed by atoms with van der Waals surface area (Å²) in [5.41, 5.74) is 3.69. The van der Waals surface area contributed by atoms with Gasteiger partial charge in [0.2, 0.25) is 0 Å². The number of aromatic nitrogens is 1. The second-order valence-corrected chi connectivity index (χ2v) is 14.6. The number of carboxylic acid groups (broad SMARTS) is 1. The summed E-state index contributed by atoms with van der Waals surface area (Å²) in [4.78, 5) is 22.5. The molecule has 1 aliphatic carbocycles. The SMILES string of the molecule is Cc1nc(CN2CCC3(CCC3)CC2)c(-c2ccc(F)c(F)c2)c(N2CCC(C)(C)CC2)c1C(OC(C)(C)C)C(=O)O. The van der Waals surface area contributed by atoms with E-state index in [4.69, 9.17) is 9.72 Å². The molecule has 1 spiro atoms. The molecule has 1 N–H and O–H groups in total. The molecular formula is C34H47F2N3O3. The Bertz CT molecular complexity index is 1310. The molecule has 1 saturated carbocycles. The standard InChI is InChI=1S/C34H47F2N3O3/c1-22-27(30(31(40)41)42-32(2,3)4)29(39-18-12-33(5,6)13-19-39)28(23-8-9-24(35)25(36)20-23)26(37-22)21-38-16-14-34(15-17-38)10-7-11-34/h8-9,20,30H,7,10-19,21H2,1-6H3,(H,40,41). The highest BCUT2D eigenvalue weighted by Gasteiger charge is 2.41. The summed E-state index contributed by atoms with van der Waals surface area (Å²) >= 11 is 0. The second kappa shape index (κ2) is 11.5. The lowest BCUT2D eigenvalue weighted by molar-refractivity contribution is -0.160. The number of hydrogen-bond donors (Lipinski definition) is 1. The van der Waals surface area contributed by atoms with E-state index in [0.29, 0.717) is 47.4 Å². The first-order valence-electron chi connectivity index (χ1n) is 15.5. The van der Waals surface area contributed by atoms with Gasteiger partial charge in [0.15, 0.2) is 17.7 Å². The van der Waals surface area contributed by atoms with Crippen molar-refractivity contribution >= 4 is 11.7 Å². The lowest BCUT2D eigenvalue weighted by Crippen LogP contribution is -2.43. The van der Waals surface area contributed by atoms with Crippen LogP contribution in [-0.4, -0.2) is 52.7 Å². The monoisotopic (exact) mass is 583 g/mol. The van der Waals surface area contributed by atoms with Crippen molar-refractivity contribution in [1.29, 1.82) is 0 Å². The maximum absolute atomic E-state index is 14.8. The van der Waals surface area contributed by atoms with Crippen LogP contribution in [0, 0.1) is 29.4 Å². The number of ether oxygens (including phenoxy) is 1. The summed E-state index contributed by atoms with van der Waals surface area (Å²) in [6.07, 6.45) is 6.85. The van der Waals surface area contributed by atoms with Crippen LogP contribution in [0.25, 0.3) is 11.1 Å². The number of anilines is 1. The number of halogens is 2. The van der Waals surface area contributed by atoms with Crippen LogP contribution >= 0.6 is 0 Å². The van der Waals surface area contributed by atoms with E-state index in [1.165, 1.54) is 38.2 Å². The van der Waals surface area contributed by atoms with Gasteiger partial charge in [0, 0.05) is 36.5 Å². The maximum Gasteiger partial charge on any atom is 0.337 e. The van der Waals surface area contributed by atoms with Crippen LogP contribution in [0.15, 0.2) is 18.2 Å². The number of aryl methyl sites for hydroxylation is 1. The van der Waals surface area contributed by atoms with E-state index < -0.39 is 29.3 Å². The Labute approximate surface area is 249 Å². The van der Waals surface area contributed by atoms with E-state index in [0.717, 1.165) is 43.4 Å². The third kappa shape index (κ3) is 6.49. The molecule has 1 atom stereocenters. The molecule has 42 heavy (non-hydrogen) atoms. The Balaban J connectivity index is 1.69. The Morgan fingerprint density at radius 2 is 1.67 bits per heavy atom. The number of rotatable bonds is 7. The van der Waals surface area contributed by atoms with E-state index >= 15 is 0 Å². The summed E-state index contributed by atoms with van der Waals surface area (Å²) in [5, 5.41) is 10.5. The first-order valence-corrected chi connectivity index (χ1v) is 15.5. The lowest BCUT2D eigenvalue weighted by Gasteiger charge is -2.48. The van der Waals surface area contributed by atoms with Gasteiger partial charge in [-0.15, -0.1) is 0 Å². The van der Waals surface area contributed by atoms with Gasteiger partial charge in [-0.25, -0.2) is 13.6 Å². The Hall–Kier alpha value is -2.58. The molecule has 8 heteroatoms. The largest absolute Gasteiger partial charge is 0.479 e. The molecule has 230 valence electrons. The van der Waals surface area contributed by atoms with Crippen LogP contribution in [0.2, 0.25) is 0 Å². The highest BCUT2D eigenvalue weighted by molar-refractivity contribution is 5.88. The van der Waals surface area contributed by atoms with Crippen molar-refractivity contribution < 1.29 is 23.4 Å². The van der Waals surface area contributed by atoms with Gasteiger partial charge in [0.1, 0.15) is 0 Å². The zero-order valence-corrected chi connectivity index (χ0v) is 26.2. The zero-order valence-electron chi connectivity index (χ0n) is 26.2. The van der Waals surface area contributed by atoms with E-state index in [9.17, 15) is 18.7 Å². The topological polar surface area (TPSA) is 65.9 Å². The number of aliphatic carboxylic acids is 1. The molecule has 3 heterocycles. The Morgan fingerprint density at radius 1 is 1.02 bits per heavy atom. The minimum atomic E-state index is -1.27. The number of pyridine rings is 1. The van der Waals surface area contributed by atoms with Crippen LogP contribution < -0.4 is 4.90 Å². The number of carboxylic acids is 1. The number of carbonyl (C=O) groups is 1. The molecule has 6 nitrogen and oxygen atoms in total. The summed E-state index contributed by atoms with van der Waals surface area (Å²) in [5.74, 6) is -2.95. The average Bonchev–Trinajstić information content (AvgIpc) is 2.88. The molecule has 0 bridgehead atoms. The van der Waals surface area contributed by atoms with E-state index in [1.807, 2.05) is 27.7 Å². The van der Waals surface area contributed by atoms with Gasteiger partial charge in [0.25, 0.3) is 0 Å². The molecular weight excluding hydrogens is 536 g/mol. The van der Waals surface area contributed by atoms with Crippen molar-refractivity contribution in [2.24, 2.45) is 10.8 Å². The number of nitrogens with zero attached hydrogens (tertiary/aromatic N) is 3. The molecule has 3 aliphatic rings. The molecule has 0 amide bonds. The van der Waals surface area contributed by atoms with E-state index in [2.05, 4.69) is 23.6 Å². The third-order valence-electron chi connectivity index (χ3n) is 9.78. The van der Waals surface area contributed by atoms with Crippen molar-refractivity contribution in [2.45, 2.75) is 105 Å². The molecule has 1 aromatic heterocycles. The summed E-state index contributed by atoms with van der Waals surface area (Å²) in [7, 11) is 0. The first kappa shape index (κ1) is 30.9. The first-order chi connectivity index (χ1) is 19.7. The van der Waals surface area contributed by atoms with Crippen molar-refractivity contribution in [3.05, 3.63) is 46.8 Å². The van der Waals surface area contributed by atoms with Crippen LogP contribution in [-0.2, 0) is 16.1 Å². The van der Waals surface area contributed by atoms with Crippen LogP contribution in [0.3, 0.4) is 0 Å². The fraction of sp³-hybridized carbons (Fsp3) is 0.647. The maximum atomic E-state index is 14.8. The fourth-order valence-electron chi connectivity index (χ4n) is 6.97. The van der Waals surface area contributed by atoms with Crippen molar-refractivity contribution in [3.8, 4) is 11.1 Å². The van der Waals surface area contributed by atoms with Crippen molar-refractivity contribution in [1.82, 2.24) is 9.88 Å². The number of likely N-dealkylation sites (tertiary alicyclic amines) is 1. The molecule has 5 rings (SSSR count). The van der Waals surface area contributed by atoms with Gasteiger partial charge >= 0.3 is 5.97 Å². The highest BCUT2D eigenvalue weighted by Crippen LogP contribution is 2.50. The van der Waals surface area contributed by atoms with E-state index in [-0.39, 0.29) is 5.41 Å². The third-order valence-corrected chi connectivity index (χ3v) is 9.78. The summed E-state index contributed by atoms with van der Waals surface area (Å²) in [6.45, 7) is 15.8. The molecule has 2 saturated heterocycles. The van der Waals surface area contributed by atoms with Gasteiger partial charge in [-0.1, -0.05) is 26.3 Å². The van der Waals surface area contributed by atoms with Crippen LogP contribution in [0.5, 0.6) is 0 Å². The summed E-state index contributed by atoms with van der Waals surface area (Å²) in [6, 6.07) is 3.97. The van der Waals surface area contributed by atoms with E-state index in [1.54, 1.807) is 6.07 Å². The van der Waals surface area contributed by atoms with Gasteiger partial charge < -0.3 is 14.7 Å². The zero-order chi connectivity index (χ0) is 30.4. The predicted octanol–water partition coefficient (Wildman–Crippen LogP) is 7.67. The Morgan fingerprint density at radius 3 is 2.19 bits per heavy atom. The molecule has 3 fully saturated rings. The lowest BCUT2D eigenvalue weighted by atomic mass is 9.63. The summed E-state index contributed by atoms with van der Waals surface area (Å²) < 4.78 is 35.2. The van der Waals surface area contributed by atoms with Crippen molar-refractivity contribution in [3.63, 3.8) is 0 Å². The van der Waals surface area contributed by atoms with Gasteiger partial charge in [0.05, 0.1) is 17.0 Å². The fourth-order valence-corrected chi connectivity index (χ4v) is 6.97. The minimum Gasteiger partial charge on any atom is -0.479 e. The molecule has 1 unspecified atom stereocenters. The molecule has 2 aromatic rings. The van der Waals surface area contributed by atoms with Crippen LogP contribution in [0.1, 0.15) is 103 Å². The number of benzene rings is 1. The van der Waals surface area contributed by atoms with Gasteiger partial charge in [-0.2, -0.15) is 0 Å². The predicted molar refractivity (Wildman–Crippen MR) is 162 cm³/mol. The van der Waals surface area contributed by atoms with Gasteiger partial charge in [-0.05, 0) is 108 Å². The number of piperidine rings is 2. The molecule has 0 radical (unpaired) electrons. The minimum absolute atomic E-state index is 0.156. The second-order valence-electron chi connectivity index (χ2n) is 14.6. The quantitative estimate of drug-likeness (QED) is 0.361. The van der Waals surface area contributed by atoms with Gasteiger partial charge in [-0.3, -0.25) is 9.88 Å².